The number of hydrogen-bond acceptors (Lipinski definition) is 2. The first-order valence-electron chi connectivity index (χ1n) is 16.3. The van der Waals surface area contributed by atoms with Crippen molar-refractivity contribution in [2.24, 2.45) is 0 Å². The number of furan rings is 1. The first-order chi connectivity index (χ1) is 23.8. The van der Waals surface area contributed by atoms with Crippen LogP contribution >= 0.6 is 0 Å². The summed E-state index contributed by atoms with van der Waals surface area (Å²) in [5, 5.41) is 5.81. The zero-order chi connectivity index (χ0) is 31.6. The summed E-state index contributed by atoms with van der Waals surface area (Å²) in [7, 11) is 0. The van der Waals surface area contributed by atoms with Gasteiger partial charge >= 0.3 is 0 Å². The summed E-state index contributed by atoms with van der Waals surface area (Å²) in [6.45, 7) is 0. The SMILES string of the molecule is c1ccc(-c2cc(-c3cc(-c4ccc5c(c4)c4ccccc4n5-c4ccccc4)c4c(c3)oc3ccccc34)c3ccccc3n2)cc1. The van der Waals surface area contributed by atoms with E-state index in [0.717, 1.165) is 72.0 Å². The first kappa shape index (κ1) is 26.7. The van der Waals surface area contributed by atoms with E-state index >= 15 is 0 Å². The van der Waals surface area contributed by atoms with E-state index in [2.05, 4.69) is 162 Å². The molecule has 224 valence electrons. The molecule has 0 aliphatic rings. The van der Waals surface area contributed by atoms with E-state index < -0.39 is 0 Å². The quantitative estimate of drug-likeness (QED) is 0.198. The molecule has 0 radical (unpaired) electrons. The number of rotatable bonds is 4. The number of fused-ring (bicyclic) bond motifs is 7. The van der Waals surface area contributed by atoms with Gasteiger partial charge in [-0.2, -0.15) is 0 Å². The largest absolute Gasteiger partial charge is 0.456 e. The number of pyridine rings is 1. The highest BCUT2D eigenvalue weighted by Crippen LogP contribution is 2.43. The van der Waals surface area contributed by atoms with Crippen molar-refractivity contribution in [3.8, 4) is 39.2 Å². The van der Waals surface area contributed by atoms with Crippen LogP contribution in [-0.4, -0.2) is 9.55 Å². The molecule has 3 nitrogen and oxygen atoms in total. The lowest BCUT2D eigenvalue weighted by Crippen LogP contribution is -1.93. The topological polar surface area (TPSA) is 31.0 Å². The predicted octanol–water partition coefficient (Wildman–Crippen LogP) is 12.2. The molecule has 0 unspecified atom stereocenters. The third-order valence-corrected chi connectivity index (χ3v) is 9.57. The van der Waals surface area contributed by atoms with Crippen LogP contribution < -0.4 is 0 Å². The molecular formula is C45H28N2O. The van der Waals surface area contributed by atoms with Gasteiger partial charge in [0.15, 0.2) is 0 Å². The molecule has 48 heavy (non-hydrogen) atoms. The molecule has 0 saturated carbocycles. The maximum Gasteiger partial charge on any atom is 0.136 e. The molecule has 10 rings (SSSR count). The molecule has 0 bridgehead atoms. The second-order valence-corrected chi connectivity index (χ2v) is 12.4. The van der Waals surface area contributed by atoms with E-state index in [1.807, 2.05) is 12.1 Å². The van der Waals surface area contributed by atoms with Crippen LogP contribution in [0.25, 0.3) is 93.8 Å². The lowest BCUT2D eigenvalue weighted by atomic mass is 9.92. The van der Waals surface area contributed by atoms with Crippen molar-refractivity contribution in [1.82, 2.24) is 9.55 Å². The van der Waals surface area contributed by atoms with Crippen molar-refractivity contribution in [2.45, 2.75) is 0 Å². The van der Waals surface area contributed by atoms with Gasteiger partial charge in [0.1, 0.15) is 11.2 Å². The smallest absolute Gasteiger partial charge is 0.136 e. The number of hydrogen-bond donors (Lipinski definition) is 0. The minimum Gasteiger partial charge on any atom is -0.456 e. The summed E-state index contributed by atoms with van der Waals surface area (Å²) < 4.78 is 8.97. The van der Waals surface area contributed by atoms with Gasteiger partial charge in [-0.05, 0) is 82.9 Å². The maximum atomic E-state index is 6.60. The van der Waals surface area contributed by atoms with Crippen LogP contribution in [0.15, 0.2) is 174 Å². The zero-order valence-corrected chi connectivity index (χ0v) is 26.0. The average molecular weight is 613 g/mol. The summed E-state index contributed by atoms with van der Waals surface area (Å²) in [5.74, 6) is 0. The van der Waals surface area contributed by atoms with Gasteiger partial charge in [-0.3, -0.25) is 0 Å². The predicted molar refractivity (Wildman–Crippen MR) is 200 cm³/mol. The van der Waals surface area contributed by atoms with E-state index in [1.54, 1.807) is 0 Å². The molecular weight excluding hydrogens is 585 g/mol. The number of aromatic nitrogens is 2. The summed E-state index contributed by atoms with van der Waals surface area (Å²) in [6, 6.07) is 60.2. The van der Waals surface area contributed by atoms with Gasteiger partial charge in [0.25, 0.3) is 0 Å². The molecule has 0 amide bonds. The van der Waals surface area contributed by atoms with E-state index in [4.69, 9.17) is 9.40 Å². The summed E-state index contributed by atoms with van der Waals surface area (Å²) >= 11 is 0. The first-order valence-corrected chi connectivity index (χ1v) is 16.3. The van der Waals surface area contributed by atoms with Gasteiger partial charge in [-0.1, -0.05) is 109 Å². The Hall–Kier alpha value is -6.45. The van der Waals surface area contributed by atoms with E-state index in [-0.39, 0.29) is 0 Å². The minimum atomic E-state index is 0.873. The Bertz CT molecular complexity index is 2830. The van der Waals surface area contributed by atoms with E-state index in [9.17, 15) is 0 Å². The molecule has 3 aromatic heterocycles. The van der Waals surface area contributed by atoms with Crippen molar-refractivity contribution in [3.05, 3.63) is 170 Å². The van der Waals surface area contributed by atoms with Crippen LogP contribution in [0.3, 0.4) is 0 Å². The van der Waals surface area contributed by atoms with Gasteiger partial charge in [-0.25, -0.2) is 4.98 Å². The Morgan fingerprint density at radius 3 is 1.96 bits per heavy atom. The minimum absolute atomic E-state index is 0.873. The lowest BCUT2D eigenvalue weighted by molar-refractivity contribution is 0.669. The maximum absolute atomic E-state index is 6.60. The number of benzene rings is 7. The highest BCUT2D eigenvalue weighted by atomic mass is 16.3. The molecule has 0 saturated heterocycles. The molecule has 0 N–H and O–H groups in total. The van der Waals surface area contributed by atoms with Crippen LogP contribution in [0.1, 0.15) is 0 Å². The standard InChI is InChI=1S/C45H28N2O/c1-3-13-29(14-4-1)40-28-36(33-17-7-10-20-39(33)46-40)31-26-37(45-35-19-9-12-22-43(35)48-44(45)27-31)30-23-24-42-38(25-30)34-18-8-11-21-41(34)47(42)32-15-5-2-6-16-32/h1-28H. The van der Waals surface area contributed by atoms with Crippen molar-refractivity contribution in [2.75, 3.05) is 0 Å². The van der Waals surface area contributed by atoms with Crippen LogP contribution in [0.5, 0.6) is 0 Å². The molecule has 3 heteroatoms. The van der Waals surface area contributed by atoms with Crippen molar-refractivity contribution >= 4 is 54.6 Å². The summed E-state index contributed by atoms with van der Waals surface area (Å²) in [6.07, 6.45) is 0. The molecule has 0 aliphatic heterocycles. The molecule has 0 fully saturated rings. The van der Waals surface area contributed by atoms with Crippen LogP contribution in [0, 0.1) is 0 Å². The fraction of sp³-hybridized carbons (Fsp3) is 0. The van der Waals surface area contributed by atoms with Crippen LogP contribution in [0.4, 0.5) is 0 Å². The van der Waals surface area contributed by atoms with Gasteiger partial charge in [0.2, 0.25) is 0 Å². The van der Waals surface area contributed by atoms with Gasteiger partial charge in [0, 0.05) is 38.2 Å². The Morgan fingerprint density at radius 2 is 1.10 bits per heavy atom. The number of para-hydroxylation sites is 4. The second kappa shape index (κ2) is 10.5. The third-order valence-electron chi connectivity index (χ3n) is 9.57. The summed E-state index contributed by atoms with van der Waals surface area (Å²) in [4.78, 5) is 5.07. The Labute approximate surface area is 277 Å². The van der Waals surface area contributed by atoms with Crippen LogP contribution in [0.2, 0.25) is 0 Å². The highest BCUT2D eigenvalue weighted by Gasteiger charge is 2.19. The van der Waals surface area contributed by atoms with Crippen molar-refractivity contribution in [3.63, 3.8) is 0 Å². The Balaban J connectivity index is 1.27. The average Bonchev–Trinajstić information content (AvgIpc) is 3.70. The summed E-state index contributed by atoms with van der Waals surface area (Å²) in [5.41, 5.74) is 12.8. The Kier molecular flexibility index (Phi) is 5.87. The van der Waals surface area contributed by atoms with Gasteiger partial charge in [-0.15, -0.1) is 0 Å². The fourth-order valence-electron chi connectivity index (χ4n) is 7.40. The molecule has 0 spiro atoms. The second-order valence-electron chi connectivity index (χ2n) is 12.4. The third kappa shape index (κ3) is 4.11. The van der Waals surface area contributed by atoms with Gasteiger partial charge in [0.05, 0.1) is 22.2 Å². The monoisotopic (exact) mass is 612 g/mol. The molecule has 10 aromatic rings. The highest BCUT2D eigenvalue weighted by molar-refractivity contribution is 6.16. The normalized spacial score (nSPS) is 11.8. The zero-order valence-electron chi connectivity index (χ0n) is 26.0. The molecule has 7 aromatic carbocycles. The Morgan fingerprint density at radius 1 is 0.417 bits per heavy atom. The lowest BCUT2D eigenvalue weighted by Gasteiger charge is -2.13. The van der Waals surface area contributed by atoms with Gasteiger partial charge < -0.3 is 8.98 Å². The molecule has 3 heterocycles. The van der Waals surface area contributed by atoms with E-state index in [0.29, 0.717) is 0 Å². The van der Waals surface area contributed by atoms with E-state index in [1.165, 1.54) is 21.8 Å². The molecule has 0 aliphatic carbocycles. The molecule has 0 atom stereocenters. The fourth-order valence-corrected chi connectivity index (χ4v) is 7.40. The van der Waals surface area contributed by atoms with Crippen molar-refractivity contribution < 1.29 is 4.42 Å². The van der Waals surface area contributed by atoms with Crippen LogP contribution in [-0.2, 0) is 0 Å². The number of nitrogens with zero attached hydrogens (tertiary/aromatic N) is 2. The van der Waals surface area contributed by atoms with Crippen molar-refractivity contribution in [1.29, 1.82) is 0 Å².